The summed E-state index contributed by atoms with van der Waals surface area (Å²) in [7, 11) is 0. The number of oxazole rings is 1. The lowest BCUT2D eigenvalue weighted by atomic mass is 10.1. The summed E-state index contributed by atoms with van der Waals surface area (Å²) in [6.07, 6.45) is 5.11. The Labute approximate surface area is 180 Å². The predicted octanol–water partition coefficient (Wildman–Crippen LogP) is 3.99. The molecule has 1 amide bonds. The zero-order valence-corrected chi connectivity index (χ0v) is 17.5. The molecule has 3 aromatic heterocycles. The van der Waals surface area contributed by atoms with Crippen molar-refractivity contribution in [2.24, 2.45) is 0 Å². The van der Waals surface area contributed by atoms with Gasteiger partial charge in [0.05, 0.1) is 22.8 Å². The number of amides is 1. The first-order valence-electron chi connectivity index (χ1n) is 9.98. The Kier molecular flexibility index (Phi) is 4.90. The molecule has 5 rings (SSSR count). The first-order chi connectivity index (χ1) is 15.0. The van der Waals surface area contributed by atoms with Gasteiger partial charge in [-0.05, 0) is 43.0 Å². The van der Waals surface area contributed by atoms with Gasteiger partial charge in [-0.15, -0.1) is 11.3 Å². The van der Waals surface area contributed by atoms with Crippen molar-refractivity contribution < 1.29 is 13.6 Å². The Morgan fingerprint density at radius 3 is 2.90 bits per heavy atom. The molecule has 31 heavy (non-hydrogen) atoms. The van der Waals surface area contributed by atoms with Crippen molar-refractivity contribution in [2.45, 2.75) is 32.2 Å². The number of hydrogen-bond donors (Lipinski definition) is 1. The van der Waals surface area contributed by atoms with Crippen molar-refractivity contribution in [1.82, 2.24) is 19.9 Å². The molecule has 4 heterocycles. The van der Waals surface area contributed by atoms with Gasteiger partial charge < -0.3 is 14.3 Å². The van der Waals surface area contributed by atoms with Gasteiger partial charge in [0.25, 0.3) is 11.5 Å². The lowest BCUT2D eigenvalue weighted by Gasteiger charge is -2.22. The summed E-state index contributed by atoms with van der Waals surface area (Å²) in [5.74, 6) is 0.740. The molecule has 0 radical (unpaired) electrons. The van der Waals surface area contributed by atoms with E-state index < -0.39 is 0 Å². The number of nitrogens with one attached hydrogen (secondary N) is 1. The zero-order chi connectivity index (χ0) is 21.5. The number of nitrogens with zero attached hydrogens (tertiary/aromatic N) is 3. The number of carbonyl (C=O) groups excluding carboxylic acids is 1. The van der Waals surface area contributed by atoms with Crippen molar-refractivity contribution in [1.29, 1.82) is 0 Å². The predicted molar refractivity (Wildman–Crippen MR) is 114 cm³/mol. The third kappa shape index (κ3) is 3.54. The van der Waals surface area contributed by atoms with Crippen LogP contribution >= 0.6 is 11.3 Å². The Morgan fingerprint density at radius 2 is 2.13 bits per heavy atom. The molecule has 1 aliphatic rings. The highest BCUT2D eigenvalue weighted by Gasteiger charge is 2.35. The second kappa shape index (κ2) is 7.73. The zero-order valence-electron chi connectivity index (χ0n) is 16.7. The van der Waals surface area contributed by atoms with E-state index >= 15 is 0 Å². The first-order valence-corrected chi connectivity index (χ1v) is 10.8. The fourth-order valence-corrected chi connectivity index (χ4v) is 5.15. The second-order valence-electron chi connectivity index (χ2n) is 7.59. The molecule has 1 saturated heterocycles. The third-order valence-electron chi connectivity index (χ3n) is 5.59. The summed E-state index contributed by atoms with van der Waals surface area (Å²) < 4.78 is 19.1. The SMILES string of the molecule is Cc1c(C(=O)N2CCCC2c2ncc(Cc3ccc(F)cc3)o2)sc2nc[nH]c(=O)c12. The molecule has 0 spiro atoms. The summed E-state index contributed by atoms with van der Waals surface area (Å²) in [6.45, 7) is 2.37. The van der Waals surface area contributed by atoms with Crippen LogP contribution in [0.4, 0.5) is 4.39 Å². The highest BCUT2D eigenvalue weighted by molar-refractivity contribution is 7.20. The Balaban J connectivity index is 1.40. The molecule has 1 atom stereocenters. The number of halogens is 1. The van der Waals surface area contributed by atoms with Crippen LogP contribution in [0.2, 0.25) is 0 Å². The van der Waals surface area contributed by atoms with Gasteiger partial charge in [-0.25, -0.2) is 14.4 Å². The molecule has 1 aromatic carbocycles. The van der Waals surface area contributed by atoms with Crippen LogP contribution in [0.3, 0.4) is 0 Å². The number of aromatic nitrogens is 3. The fraction of sp³-hybridized carbons (Fsp3) is 0.273. The molecule has 0 saturated carbocycles. The van der Waals surface area contributed by atoms with Crippen molar-refractivity contribution in [3.63, 3.8) is 0 Å². The highest BCUT2D eigenvalue weighted by atomic mass is 32.1. The maximum Gasteiger partial charge on any atom is 0.264 e. The minimum Gasteiger partial charge on any atom is -0.443 e. The van der Waals surface area contributed by atoms with Gasteiger partial charge in [0.15, 0.2) is 0 Å². The van der Waals surface area contributed by atoms with Gasteiger partial charge >= 0.3 is 0 Å². The van der Waals surface area contributed by atoms with E-state index in [4.69, 9.17) is 4.42 Å². The van der Waals surface area contributed by atoms with Crippen LogP contribution in [0.5, 0.6) is 0 Å². The van der Waals surface area contributed by atoms with Gasteiger partial charge in [-0.2, -0.15) is 0 Å². The Bertz CT molecular complexity index is 1320. The van der Waals surface area contributed by atoms with Crippen molar-refractivity contribution in [3.05, 3.63) is 80.6 Å². The minimum atomic E-state index is -0.282. The number of likely N-dealkylation sites (tertiary alicyclic amines) is 1. The van der Waals surface area contributed by atoms with E-state index in [0.29, 0.717) is 45.3 Å². The normalized spacial score (nSPS) is 16.3. The molecule has 158 valence electrons. The van der Waals surface area contributed by atoms with E-state index in [0.717, 1.165) is 18.4 Å². The van der Waals surface area contributed by atoms with Crippen LogP contribution in [0.1, 0.15) is 51.3 Å². The highest BCUT2D eigenvalue weighted by Crippen LogP contribution is 2.36. The summed E-state index contributed by atoms with van der Waals surface area (Å²) in [5.41, 5.74) is 1.32. The molecule has 0 bridgehead atoms. The molecule has 1 unspecified atom stereocenters. The lowest BCUT2D eigenvalue weighted by Crippen LogP contribution is -2.30. The molecule has 4 aromatic rings. The van der Waals surface area contributed by atoms with Gasteiger partial charge in [0, 0.05) is 13.0 Å². The number of fused-ring (bicyclic) bond motifs is 1. The maximum absolute atomic E-state index is 13.4. The van der Waals surface area contributed by atoms with Gasteiger partial charge in [0.1, 0.15) is 22.4 Å². The van der Waals surface area contributed by atoms with Crippen LogP contribution in [0.25, 0.3) is 10.2 Å². The minimum absolute atomic E-state index is 0.138. The van der Waals surface area contributed by atoms with Crippen LogP contribution in [0, 0.1) is 12.7 Å². The van der Waals surface area contributed by atoms with Gasteiger partial charge in [0.2, 0.25) is 5.89 Å². The Hall–Kier alpha value is -3.33. The lowest BCUT2D eigenvalue weighted by molar-refractivity contribution is 0.0719. The average molecular weight is 438 g/mol. The summed E-state index contributed by atoms with van der Waals surface area (Å²) >= 11 is 1.23. The first kappa shape index (κ1) is 19.6. The number of rotatable bonds is 4. The maximum atomic E-state index is 13.4. The number of aromatic amines is 1. The number of aryl methyl sites for hydroxylation is 1. The standard InChI is InChI=1S/C22H19FN4O3S/c1-12-17-19(28)25-11-26-21(17)31-18(12)22(29)27-8-2-3-16(27)20-24-10-15(30-20)9-13-4-6-14(23)7-5-13/h4-7,10-11,16H,2-3,8-9H2,1H3,(H,25,26,28). The van der Waals surface area contributed by atoms with E-state index in [1.54, 1.807) is 30.2 Å². The molecule has 1 fully saturated rings. The molecular weight excluding hydrogens is 419 g/mol. The number of thiophene rings is 1. The van der Waals surface area contributed by atoms with Crippen LogP contribution < -0.4 is 5.56 Å². The van der Waals surface area contributed by atoms with Gasteiger partial charge in [-0.3, -0.25) is 9.59 Å². The van der Waals surface area contributed by atoms with Crippen molar-refractivity contribution in [2.75, 3.05) is 6.54 Å². The summed E-state index contributed by atoms with van der Waals surface area (Å²) in [4.78, 5) is 39.5. The monoisotopic (exact) mass is 438 g/mol. The molecule has 1 aliphatic heterocycles. The second-order valence-corrected chi connectivity index (χ2v) is 8.59. The fourth-order valence-electron chi connectivity index (χ4n) is 4.04. The van der Waals surface area contributed by atoms with E-state index in [1.165, 1.54) is 29.8 Å². The molecule has 1 N–H and O–H groups in total. The summed E-state index contributed by atoms with van der Waals surface area (Å²) in [6, 6.07) is 5.99. The topological polar surface area (TPSA) is 92.1 Å². The largest absolute Gasteiger partial charge is 0.443 e. The summed E-state index contributed by atoms with van der Waals surface area (Å²) in [5, 5.41) is 0.462. The smallest absolute Gasteiger partial charge is 0.264 e. The van der Waals surface area contributed by atoms with E-state index in [9.17, 15) is 14.0 Å². The van der Waals surface area contributed by atoms with Crippen molar-refractivity contribution in [3.8, 4) is 0 Å². The van der Waals surface area contributed by atoms with E-state index in [2.05, 4.69) is 15.0 Å². The van der Waals surface area contributed by atoms with Crippen LogP contribution in [-0.2, 0) is 6.42 Å². The van der Waals surface area contributed by atoms with E-state index in [-0.39, 0.29) is 23.3 Å². The van der Waals surface area contributed by atoms with Crippen LogP contribution in [-0.4, -0.2) is 32.3 Å². The van der Waals surface area contributed by atoms with E-state index in [1.807, 2.05) is 0 Å². The molecule has 9 heteroatoms. The Morgan fingerprint density at radius 1 is 1.32 bits per heavy atom. The number of H-pyrrole nitrogens is 1. The van der Waals surface area contributed by atoms with Crippen molar-refractivity contribution >= 4 is 27.5 Å². The van der Waals surface area contributed by atoms with Crippen LogP contribution in [0.15, 0.2) is 46.0 Å². The number of carbonyl (C=O) groups is 1. The molecular formula is C22H19FN4O3S. The van der Waals surface area contributed by atoms with Gasteiger partial charge in [-0.1, -0.05) is 12.1 Å². The molecule has 7 nitrogen and oxygen atoms in total. The third-order valence-corrected chi connectivity index (χ3v) is 6.78. The number of hydrogen-bond acceptors (Lipinski definition) is 6. The quantitative estimate of drug-likeness (QED) is 0.520. The number of benzene rings is 1. The average Bonchev–Trinajstić information content (AvgIpc) is 3.48. The molecule has 0 aliphatic carbocycles.